The summed E-state index contributed by atoms with van der Waals surface area (Å²) in [5.74, 6) is -0.883. The molecule has 2 aromatic rings. The van der Waals surface area contributed by atoms with Crippen LogP contribution in [-0.2, 0) is 21.0 Å². The van der Waals surface area contributed by atoms with Gasteiger partial charge in [-0.15, -0.1) is 0 Å². The molecule has 0 atom stereocenters. The maximum absolute atomic E-state index is 12.9. The van der Waals surface area contributed by atoms with E-state index in [1.54, 1.807) is 18.2 Å². The van der Waals surface area contributed by atoms with Crippen LogP contribution in [0.25, 0.3) is 0 Å². The van der Waals surface area contributed by atoms with Gasteiger partial charge in [0.05, 0.1) is 34.4 Å². The van der Waals surface area contributed by atoms with E-state index in [9.17, 15) is 26.4 Å². The topological polar surface area (TPSA) is 91.7 Å². The average molecular weight is 435 g/mol. The number of anilines is 1. The van der Waals surface area contributed by atoms with Crippen LogP contribution in [0, 0.1) is 0 Å². The Bertz CT molecular complexity index is 982. The fourth-order valence-electron chi connectivity index (χ4n) is 2.05. The Labute approximate surface area is 163 Å². The second kappa shape index (κ2) is 8.57. The fourth-order valence-corrected chi connectivity index (χ4v) is 3.18. The normalized spacial score (nSPS) is 12.2. The number of carbonyl (C=O) groups excluding carboxylic acids is 1. The van der Waals surface area contributed by atoms with Gasteiger partial charge in [-0.25, -0.2) is 13.8 Å². The summed E-state index contributed by atoms with van der Waals surface area (Å²) in [6, 6.07) is 7.17. The van der Waals surface area contributed by atoms with Gasteiger partial charge in [0.1, 0.15) is 6.54 Å². The van der Waals surface area contributed by atoms with Crippen LogP contribution in [0.3, 0.4) is 0 Å². The van der Waals surface area contributed by atoms with Crippen LogP contribution in [0.5, 0.6) is 0 Å². The number of nitrogens with zero attached hydrogens (tertiary/aromatic N) is 3. The van der Waals surface area contributed by atoms with Crippen LogP contribution in [0.15, 0.2) is 47.7 Å². The van der Waals surface area contributed by atoms with Crippen LogP contribution in [0.4, 0.5) is 18.9 Å². The lowest BCUT2D eigenvalue weighted by molar-refractivity contribution is -0.137. The summed E-state index contributed by atoms with van der Waals surface area (Å²) in [5, 5.41) is 3.37. The van der Waals surface area contributed by atoms with Crippen molar-refractivity contribution in [3.8, 4) is 0 Å². The Balaban J connectivity index is 2.23. The third-order valence-electron chi connectivity index (χ3n) is 3.30. The molecule has 1 aromatic heterocycles. The number of aromatic nitrogens is 1. The van der Waals surface area contributed by atoms with Crippen LogP contribution < -0.4 is 9.73 Å². The molecule has 1 aromatic carbocycles. The molecule has 7 nitrogen and oxygen atoms in total. The van der Waals surface area contributed by atoms with Crippen LogP contribution in [0.1, 0.15) is 11.3 Å². The van der Waals surface area contributed by atoms with Gasteiger partial charge in [-0.3, -0.25) is 14.1 Å². The summed E-state index contributed by atoms with van der Waals surface area (Å²) in [4.78, 5) is 16.0. The predicted molar refractivity (Wildman–Crippen MR) is 98.6 cm³/mol. The number of benzene rings is 1. The highest BCUT2D eigenvalue weighted by atomic mass is 35.5. The summed E-state index contributed by atoms with van der Waals surface area (Å²) in [6.45, 7) is -0.820. The smallest absolute Gasteiger partial charge is 0.271 e. The third kappa shape index (κ3) is 5.92. The lowest BCUT2D eigenvalue weighted by Gasteiger charge is -2.23. The monoisotopic (exact) mass is 434 g/mol. The molecule has 0 unspecified atom stereocenters. The van der Waals surface area contributed by atoms with E-state index in [-0.39, 0.29) is 5.02 Å². The molecule has 0 aliphatic rings. The molecular weight excluding hydrogens is 421 g/mol. The molecule has 0 spiro atoms. The van der Waals surface area contributed by atoms with Gasteiger partial charge >= 0.3 is 6.18 Å². The van der Waals surface area contributed by atoms with Crippen molar-refractivity contribution in [2.45, 2.75) is 6.18 Å². The second-order valence-corrected chi connectivity index (χ2v) is 7.80. The Hall–Kier alpha value is -2.66. The maximum Gasteiger partial charge on any atom is 0.416 e. The molecule has 0 saturated carbocycles. The van der Waals surface area contributed by atoms with Gasteiger partial charge in [0.15, 0.2) is 0 Å². The zero-order valence-corrected chi connectivity index (χ0v) is 15.9. The Morgan fingerprint density at radius 1 is 1.32 bits per heavy atom. The highest BCUT2D eigenvalue weighted by molar-refractivity contribution is 7.92. The summed E-state index contributed by atoms with van der Waals surface area (Å²) in [7, 11) is -4.12. The van der Waals surface area contributed by atoms with E-state index in [1.807, 2.05) is 0 Å². The van der Waals surface area contributed by atoms with E-state index in [2.05, 4.69) is 15.5 Å². The highest BCUT2D eigenvalue weighted by Crippen LogP contribution is 2.36. The lowest BCUT2D eigenvalue weighted by atomic mass is 10.2. The Kier molecular flexibility index (Phi) is 6.62. The van der Waals surface area contributed by atoms with Gasteiger partial charge in [0, 0.05) is 6.20 Å². The first-order chi connectivity index (χ1) is 13.0. The van der Waals surface area contributed by atoms with Crippen molar-refractivity contribution in [2.24, 2.45) is 5.10 Å². The first kappa shape index (κ1) is 21.6. The molecule has 0 aliphatic heterocycles. The van der Waals surface area contributed by atoms with Gasteiger partial charge in [0.2, 0.25) is 10.0 Å². The van der Waals surface area contributed by atoms with Crippen LogP contribution in [0.2, 0.25) is 5.02 Å². The predicted octanol–water partition coefficient (Wildman–Crippen LogP) is 2.67. The number of amides is 1. The van der Waals surface area contributed by atoms with Gasteiger partial charge in [-0.2, -0.15) is 18.3 Å². The van der Waals surface area contributed by atoms with Crippen molar-refractivity contribution in [3.63, 3.8) is 0 Å². The van der Waals surface area contributed by atoms with E-state index in [0.717, 1.165) is 12.3 Å². The van der Waals surface area contributed by atoms with Crippen molar-refractivity contribution in [1.82, 2.24) is 10.4 Å². The number of carbonyl (C=O) groups is 1. The number of nitrogens with one attached hydrogen (secondary N) is 1. The van der Waals surface area contributed by atoms with Crippen molar-refractivity contribution in [1.29, 1.82) is 0 Å². The SMILES string of the molecule is CS(=O)(=O)N(CC(=O)N/N=C\c1ccccn1)c1cc(C(F)(F)F)ccc1Cl. The lowest BCUT2D eigenvalue weighted by Crippen LogP contribution is -2.39. The third-order valence-corrected chi connectivity index (χ3v) is 4.75. The molecule has 12 heteroatoms. The molecule has 150 valence electrons. The number of rotatable bonds is 6. The number of hydrogen-bond acceptors (Lipinski definition) is 5. The van der Waals surface area contributed by atoms with Crippen molar-refractivity contribution in [2.75, 3.05) is 17.1 Å². The molecule has 1 amide bonds. The van der Waals surface area contributed by atoms with Crippen LogP contribution >= 0.6 is 11.6 Å². The molecule has 1 heterocycles. The number of halogens is 4. The van der Waals surface area contributed by atoms with E-state index < -0.39 is 39.9 Å². The molecule has 0 radical (unpaired) electrons. The van der Waals surface area contributed by atoms with Gasteiger partial charge in [-0.05, 0) is 30.3 Å². The van der Waals surface area contributed by atoms with Crippen molar-refractivity contribution in [3.05, 3.63) is 58.9 Å². The average Bonchev–Trinajstić information content (AvgIpc) is 2.59. The summed E-state index contributed by atoms with van der Waals surface area (Å²) >= 11 is 5.87. The fraction of sp³-hybridized carbons (Fsp3) is 0.188. The highest BCUT2D eigenvalue weighted by Gasteiger charge is 2.33. The molecule has 0 saturated heterocycles. The van der Waals surface area contributed by atoms with Gasteiger partial charge in [0.25, 0.3) is 5.91 Å². The minimum absolute atomic E-state index is 0.261. The largest absolute Gasteiger partial charge is 0.416 e. The Morgan fingerprint density at radius 3 is 2.61 bits per heavy atom. The number of sulfonamides is 1. The van der Waals surface area contributed by atoms with E-state index in [4.69, 9.17) is 11.6 Å². The van der Waals surface area contributed by atoms with Crippen LogP contribution in [-0.4, -0.2) is 38.3 Å². The second-order valence-electron chi connectivity index (χ2n) is 5.48. The first-order valence-corrected chi connectivity index (χ1v) is 9.78. The van der Waals surface area contributed by atoms with Gasteiger partial charge < -0.3 is 0 Å². The van der Waals surface area contributed by atoms with E-state index in [0.29, 0.717) is 22.1 Å². The summed E-state index contributed by atoms with van der Waals surface area (Å²) in [5.41, 5.74) is 0.949. The van der Waals surface area contributed by atoms with E-state index >= 15 is 0 Å². The standard InChI is InChI=1S/C16H14ClF3N4O3S/c1-28(26,27)24(14-8-11(16(18,19)20)5-6-13(14)17)10-15(25)23-22-9-12-4-2-3-7-21-12/h2-9H,10H2,1H3,(H,23,25)/b22-9-. The van der Waals surface area contributed by atoms with E-state index in [1.165, 1.54) is 12.4 Å². The zero-order valence-electron chi connectivity index (χ0n) is 14.3. The van der Waals surface area contributed by atoms with Gasteiger partial charge in [-0.1, -0.05) is 17.7 Å². The quantitative estimate of drug-likeness (QED) is 0.559. The molecular formula is C16H14ClF3N4O3S. The van der Waals surface area contributed by atoms with Crippen molar-refractivity contribution >= 4 is 39.4 Å². The first-order valence-electron chi connectivity index (χ1n) is 7.56. The summed E-state index contributed by atoms with van der Waals surface area (Å²) < 4.78 is 63.3. The molecule has 2 rings (SSSR count). The van der Waals surface area contributed by atoms with Crippen molar-refractivity contribution < 1.29 is 26.4 Å². The molecule has 0 bridgehead atoms. The molecule has 28 heavy (non-hydrogen) atoms. The Morgan fingerprint density at radius 2 is 2.04 bits per heavy atom. The number of hydrogen-bond donors (Lipinski definition) is 1. The number of pyridine rings is 1. The molecule has 0 fully saturated rings. The molecule has 0 aliphatic carbocycles. The minimum atomic E-state index is -4.71. The summed E-state index contributed by atoms with van der Waals surface area (Å²) in [6.07, 6.45) is -1.24. The minimum Gasteiger partial charge on any atom is -0.271 e. The zero-order chi connectivity index (χ0) is 20.9. The maximum atomic E-state index is 12.9. The number of hydrazone groups is 1. The molecule has 1 N–H and O–H groups in total. The number of alkyl halides is 3.